The van der Waals surface area contributed by atoms with Crippen LogP contribution in [-0.2, 0) is 6.54 Å². The van der Waals surface area contributed by atoms with E-state index in [9.17, 15) is 13.6 Å². The number of benzene rings is 2. The Kier molecular flexibility index (Phi) is 6.33. The summed E-state index contributed by atoms with van der Waals surface area (Å²) < 4.78 is 34.5. The molecule has 4 aromatic rings. The van der Waals surface area contributed by atoms with Gasteiger partial charge in [-0.2, -0.15) is 5.10 Å². The lowest BCUT2D eigenvalue weighted by Crippen LogP contribution is -2.22. The van der Waals surface area contributed by atoms with Crippen LogP contribution in [0.3, 0.4) is 0 Å². The lowest BCUT2D eigenvalue weighted by atomic mass is 10.1. The smallest absolute Gasteiger partial charge is 0.267 e. The topological polar surface area (TPSA) is 73.1 Å². The van der Waals surface area contributed by atoms with E-state index in [1.54, 1.807) is 12.4 Å². The molecule has 0 radical (unpaired) electrons. The molecule has 0 amide bonds. The van der Waals surface area contributed by atoms with E-state index in [1.807, 2.05) is 24.3 Å². The molecular formula is C26H23F2N5O2. The first-order chi connectivity index (χ1) is 16.9. The van der Waals surface area contributed by atoms with Crippen molar-refractivity contribution in [2.75, 3.05) is 20.1 Å². The number of ether oxygens (including phenoxy) is 1. The molecule has 3 heterocycles. The van der Waals surface area contributed by atoms with Gasteiger partial charge in [-0.3, -0.25) is 4.79 Å². The molecule has 7 nitrogen and oxygen atoms in total. The van der Waals surface area contributed by atoms with E-state index >= 15 is 0 Å². The zero-order valence-electron chi connectivity index (χ0n) is 19.1. The van der Waals surface area contributed by atoms with Crippen LogP contribution in [0.1, 0.15) is 12.0 Å². The first-order valence-corrected chi connectivity index (χ1v) is 11.2. The van der Waals surface area contributed by atoms with Gasteiger partial charge in [0.15, 0.2) is 11.6 Å². The van der Waals surface area contributed by atoms with Crippen LogP contribution in [0.5, 0.6) is 5.75 Å². The summed E-state index contributed by atoms with van der Waals surface area (Å²) in [6, 6.07) is 13.4. The molecule has 1 fully saturated rings. The number of hydrogen-bond donors (Lipinski definition) is 0. The van der Waals surface area contributed by atoms with E-state index in [4.69, 9.17) is 4.74 Å². The second-order valence-corrected chi connectivity index (χ2v) is 8.61. The minimum absolute atomic E-state index is 0.142. The van der Waals surface area contributed by atoms with Gasteiger partial charge in [0.25, 0.3) is 5.56 Å². The monoisotopic (exact) mass is 475 g/mol. The Bertz CT molecular complexity index is 1390. The molecule has 1 aliphatic rings. The predicted molar refractivity (Wildman–Crippen MR) is 127 cm³/mol. The highest BCUT2D eigenvalue weighted by Crippen LogP contribution is 2.22. The van der Waals surface area contributed by atoms with E-state index < -0.39 is 11.6 Å². The molecular weight excluding hydrogens is 452 g/mol. The fourth-order valence-corrected chi connectivity index (χ4v) is 4.11. The van der Waals surface area contributed by atoms with Gasteiger partial charge >= 0.3 is 0 Å². The van der Waals surface area contributed by atoms with Crippen molar-refractivity contribution in [2.45, 2.75) is 19.1 Å². The van der Waals surface area contributed by atoms with Gasteiger partial charge in [0.05, 0.1) is 24.6 Å². The van der Waals surface area contributed by atoms with E-state index in [2.05, 4.69) is 27.0 Å². The quantitative estimate of drug-likeness (QED) is 0.423. The van der Waals surface area contributed by atoms with E-state index in [0.717, 1.165) is 36.7 Å². The van der Waals surface area contributed by atoms with Crippen LogP contribution in [0.2, 0.25) is 0 Å². The molecule has 0 aliphatic carbocycles. The van der Waals surface area contributed by atoms with Crippen molar-refractivity contribution in [3.8, 4) is 28.4 Å². The number of hydrogen-bond acceptors (Lipinski definition) is 6. The Labute approximate surface area is 200 Å². The SMILES string of the molecule is CN1CC[C@@H](Oc2cnc(-c3cccc(Cn4nc(-c5cc(F)cc(F)c5)ccc4=O)c3)nc2)C1. The third-order valence-electron chi connectivity index (χ3n) is 5.82. The van der Waals surface area contributed by atoms with Crippen molar-refractivity contribution in [1.82, 2.24) is 24.6 Å². The second kappa shape index (κ2) is 9.71. The number of rotatable bonds is 6. The molecule has 5 rings (SSSR count). The van der Waals surface area contributed by atoms with E-state index in [0.29, 0.717) is 17.3 Å². The van der Waals surface area contributed by atoms with Crippen molar-refractivity contribution in [3.63, 3.8) is 0 Å². The Morgan fingerprint density at radius 1 is 1.00 bits per heavy atom. The first-order valence-electron chi connectivity index (χ1n) is 11.2. The molecule has 0 saturated carbocycles. The van der Waals surface area contributed by atoms with Crippen molar-refractivity contribution >= 4 is 0 Å². The molecule has 2 aromatic carbocycles. The molecule has 2 aromatic heterocycles. The highest BCUT2D eigenvalue weighted by atomic mass is 19.1. The largest absolute Gasteiger partial charge is 0.486 e. The summed E-state index contributed by atoms with van der Waals surface area (Å²) >= 11 is 0. The fourth-order valence-electron chi connectivity index (χ4n) is 4.11. The second-order valence-electron chi connectivity index (χ2n) is 8.61. The normalized spacial score (nSPS) is 15.9. The van der Waals surface area contributed by atoms with Gasteiger partial charge in [-0.1, -0.05) is 18.2 Å². The third-order valence-corrected chi connectivity index (χ3v) is 5.82. The van der Waals surface area contributed by atoms with Crippen LogP contribution in [-0.4, -0.2) is 50.9 Å². The average Bonchev–Trinajstić information content (AvgIpc) is 3.25. The van der Waals surface area contributed by atoms with Crippen LogP contribution in [0.25, 0.3) is 22.6 Å². The minimum Gasteiger partial charge on any atom is -0.486 e. The maximum absolute atomic E-state index is 13.6. The molecule has 9 heteroatoms. The van der Waals surface area contributed by atoms with Crippen LogP contribution in [0.4, 0.5) is 8.78 Å². The summed E-state index contributed by atoms with van der Waals surface area (Å²) in [5.74, 6) is -0.253. The molecule has 0 bridgehead atoms. The summed E-state index contributed by atoms with van der Waals surface area (Å²) in [5, 5.41) is 4.31. The Balaban J connectivity index is 1.34. The van der Waals surface area contributed by atoms with Crippen molar-refractivity contribution in [2.24, 2.45) is 0 Å². The molecule has 35 heavy (non-hydrogen) atoms. The lowest BCUT2D eigenvalue weighted by molar-refractivity contribution is 0.206. The van der Waals surface area contributed by atoms with Crippen molar-refractivity contribution in [1.29, 1.82) is 0 Å². The van der Waals surface area contributed by atoms with E-state index in [1.165, 1.54) is 28.9 Å². The summed E-state index contributed by atoms with van der Waals surface area (Å²) in [5.41, 5.74) is 1.81. The van der Waals surface area contributed by atoms with Gasteiger partial charge in [-0.05, 0) is 43.3 Å². The first kappa shape index (κ1) is 22.8. The van der Waals surface area contributed by atoms with Crippen molar-refractivity contribution in [3.05, 3.63) is 94.5 Å². The summed E-state index contributed by atoms with van der Waals surface area (Å²) in [7, 11) is 2.07. The molecule has 0 unspecified atom stereocenters. The highest BCUT2D eigenvalue weighted by molar-refractivity contribution is 5.58. The van der Waals surface area contributed by atoms with Gasteiger partial charge < -0.3 is 9.64 Å². The van der Waals surface area contributed by atoms with Gasteiger partial charge in [0.1, 0.15) is 17.7 Å². The summed E-state index contributed by atoms with van der Waals surface area (Å²) in [6.07, 6.45) is 4.45. The zero-order chi connectivity index (χ0) is 24.4. The van der Waals surface area contributed by atoms with Crippen LogP contribution in [0.15, 0.2) is 71.8 Å². The van der Waals surface area contributed by atoms with Crippen LogP contribution >= 0.6 is 0 Å². The van der Waals surface area contributed by atoms with Crippen LogP contribution < -0.4 is 10.3 Å². The third kappa shape index (κ3) is 5.41. The molecule has 1 aliphatic heterocycles. The summed E-state index contributed by atoms with van der Waals surface area (Å²) in [6.45, 7) is 2.07. The van der Waals surface area contributed by atoms with Gasteiger partial charge in [0.2, 0.25) is 0 Å². The predicted octanol–water partition coefficient (Wildman–Crippen LogP) is 3.78. The maximum atomic E-state index is 13.6. The zero-order valence-corrected chi connectivity index (χ0v) is 19.1. The van der Waals surface area contributed by atoms with Crippen molar-refractivity contribution < 1.29 is 13.5 Å². The Hall–Kier alpha value is -3.98. The molecule has 1 saturated heterocycles. The Morgan fingerprint density at radius 3 is 2.49 bits per heavy atom. The molecule has 0 spiro atoms. The number of likely N-dealkylation sites (N-methyl/N-ethyl adjacent to an activating group) is 1. The minimum atomic E-state index is -0.709. The van der Waals surface area contributed by atoms with Gasteiger partial charge in [-0.25, -0.2) is 23.4 Å². The average molecular weight is 475 g/mol. The van der Waals surface area contributed by atoms with Gasteiger partial charge in [0, 0.05) is 36.3 Å². The summed E-state index contributed by atoms with van der Waals surface area (Å²) in [4.78, 5) is 23.5. The number of halogens is 2. The maximum Gasteiger partial charge on any atom is 0.267 e. The lowest BCUT2D eigenvalue weighted by Gasteiger charge is -2.13. The molecule has 0 N–H and O–H groups in total. The molecule has 178 valence electrons. The highest BCUT2D eigenvalue weighted by Gasteiger charge is 2.21. The fraction of sp³-hybridized carbons (Fsp3) is 0.231. The standard InChI is InChI=1S/C26H23F2N5O2/c1-32-8-7-22(16-32)35-23-13-29-26(30-14-23)18-4-2-3-17(9-18)15-33-25(34)6-5-24(31-33)19-10-20(27)12-21(28)11-19/h2-6,9-14,22H,7-8,15-16H2,1H3/t22-/m1/s1. The van der Waals surface area contributed by atoms with E-state index in [-0.39, 0.29) is 23.8 Å². The number of likely N-dealkylation sites (tertiary alicyclic amines) is 1. The van der Waals surface area contributed by atoms with Gasteiger partial charge in [-0.15, -0.1) is 0 Å². The molecule has 1 atom stereocenters. The number of nitrogens with zero attached hydrogens (tertiary/aromatic N) is 5. The Morgan fingerprint density at radius 2 is 1.77 bits per heavy atom. The van der Waals surface area contributed by atoms with Crippen LogP contribution in [0, 0.1) is 11.6 Å². The number of aromatic nitrogens is 4.